The van der Waals surface area contributed by atoms with E-state index in [9.17, 15) is 4.39 Å². The molecule has 0 saturated carbocycles. The van der Waals surface area contributed by atoms with Crippen molar-refractivity contribution < 1.29 is 9.50 Å². The molecule has 0 amide bonds. The highest BCUT2D eigenvalue weighted by atomic mass is 32.2. The largest absolute Gasteiger partial charge is 0.392 e. The predicted octanol–water partition coefficient (Wildman–Crippen LogP) is 3.25. The van der Waals surface area contributed by atoms with E-state index in [1.807, 2.05) is 18.4 Å². The summed E-state index contributed by atoms with van der Waals surface area (Å²) in [5.74, 6) is -0.159. The summed E-state index contributed by atoms with van der Waals surface area (Å²) < 4.78 is 15.3. The lowest BCUT2D eigenvalue weighted by atomic mass is 10.2. The molecule has 0 spiro atoms. The van der Waals surface area contributed by atoms with Crippen molar-refractivity contribution in [3.8, 4) is 0 Å². The van der Waals surface area contributed by atoms with Crippen LogP contribution in [0.15, 0.2) is 22.4 Å². The van der Waals surface area contributed by atoms with Crippen molar-refractivity contribution in [3.63, 3.8) is 0 Å². The Kier molecular flexibility index (Phi) is 2.76. The van der Waals surface area contributed by atoms with Gasteiger partial charge in [-0.3, -0.25) is 0 Å². The van der Waals surface area contributed by atoms with E-state index in [-0.39, 0.29) is 12.4 Å². The molecule has 0 atom stereocenters. The van der Waals surface area contributed by atoms with Crippen molar-refractivity contribution in [1.82, 2.24) is 0 Å². The molecule has 0 fully saturated rings. The molecule has 74 valence electrons. The quantitative estimate of drug-likeness (QED) is 0.796. The third kappa shape index (κ3) is 1.54. The van der Waals surface area contributed by atoms with Gasteiger partial charge in [0.15, 0.2) is 5.82 Å². The molecule has 0 radical (unpaired) electrons. The number of aliphatic hydroxyl groups excluding tert-OH is 1. The number of hydrogen-bond donors (Lipinski definition) is 1. The lowest BCUT2D eigenvalue weighted by Gasteiger charge is -1.95. The minimum Gasteiger partial charge on any atom is -0.392 e. The number of hydrogen-bond acceptors (Lipinski definition) is 3. The highest BCUT2D eigenvalue weighted by Gasteiger charge is 2.10. The van der Waals surface area contributed by atoms with Gasteiger partial charge in [-0.15, -0.1) is 23.1 Å². The number of halogens is 1. The molecular weight excluding hydrogens is 219 g/mol. The zero-order chi connectivity index (χ0) is 10.1. The zero-order valence-electron chi connectivity index (χ0n) is 7.58. The van der Waals surface area contributed by atoms with Crippen molar-refractivity contribution in [2.75, 3.05) is 6.26 Å². The van der Waals surface area contributed by atoms with Crippen LogP contribution in [0.1, 0.15) is 5.56 Å². The third-order valence-corrected chi connectivity index (χ3v) is 4.27. The Balaban J connectivity index is 2.68. The van der Waals surface area contributed by atoms with Crippen LogP contribution in [0, 0.1) is 5.82 Å². The highest BCUT2D eigenvalue weighted by Crippen LogP contribution is 2.35. The van der Waals surface area contributed by atoms with Crippen LogP contribution in [-0.4, -0.2) is 11.4 Å². The molecule has 0 unspecified atom stereocenters. The topological polar surface area (TPSA) is 20.2 Å². The van der Waals surface area contributed by atoms with E-state index in [1.54, 1.807) is 6.07 Å². The van der Waals surface area contributed by atoms with Gasteiger partial charge in [0.25, 0.3) is 0 Å². The highest BCUT2D eigenvalue weighted by molar-refractivity contribution is 8.00. The fourth-order valence-corrected chi connectivity index (χ4v) is 3.01. The molecule has 14 heavy (non-hydrogen) atoms. The summed E-state index contributed by atoms with van der Waals surface area (Å²) in [5.41, 5.74) is 0.752. The maximum Gasteiger partial charge on any atom is 0.155 e. The van der Waals surface area contributed by atoms with Gasteiger partial charge in [-0.25, -0.2) is 4.39 Å². The SMILES string of the molecule is CSc1sc2ccc(CO)cc2c1F. The van der Waals surface area contributed by atoms with Crippen molar-refractivity contribution in [1.29, 1.82) is 0 Å². The summed E-state index contributed by atoms with van der Waals surface area (Å²) in [5, 5.41) is 9.54. The average molecular weight is 228 g/mol. The molecule has 1 aromatic carbocycles. The Bertz CT molecular complexity index is 464. The molecule has 0 aliphatic carbocycles. The van der Waals surface area contributed by atoms with Gasteiger partial charge in [-0.2, -0.15) is 0 Å². The van der Waals surface area contributed by atoms with Crippen molar-refractivity contribution >= 4 is 33.2 Å². The van der Waals surface area contributed by atoms with Crippen molar-refractivity contribution in [2.45, 2.75) is 10.8 Å². The molecule has 1 N–H and O–H groups in total. The van der Waals surface area contributed by atoms with Crippen LogP contribution in [0.25, 0.3) is 10.1 Å². The molecule has 2 aromatic rings. The predicted molar refractivity (Wildman–Crippen MR) is 59.5 cm³/mol. The number of rotatable bonds is 2. The molecule has 0 aliphatic rings. The summed E-state index contributed by atoms with van der Waals surface area (Å²) >= 11 is 2.87. The van der Waals surface area contributed by atoms with Gasteiger partial charge >= 0.3 is 0 Å². The van der Waals surface area contributed by atoms with Gasteiger partial charge < -0.3 is 5.11 Å². The van der Waals surface area contributed by atoms with Gasteiger partial charge in [0, 0.05) is 10.1 Å². The Morgan fingerprint density at radius 1 is 1.50 bits per heavy atom. The van der Waals surface area contributed by atoms with Gasteiger partial charge in [0.05, 0.1) is 10.8 Å². The Labute approximate surface area is 89.6 Å². The smallest absolute Gasteiger partial charge is 0.155 e. The maximum atomic E-state index is 13.7. The monoisotopic (exact) mass is 228 g/mol. The molecule has 1 heterocycles. The number of fused-ring (bicyclic) bond motifs is 1. The lowest BCUT2D eigenvalue weighted by Crippen LogP contribution is -1.81. The van der Waals surface area contributed by atoms with Crippen LogP contribution >= 0.6 is 23.1 Å². The Morgan fingerprint density at radius 2 is 2.29 bits per heavy atom. The van der Waals surface area contributed by atoms with Gasteiger partial charge in [0.2, 0.25) is 0 Å². The van der Waals surface area contributed by atoms with Crippen LogP contribution in [-0.2, 0) is 6.61 Å². The third-order valence-electron chi connectivity index (χ3n) is 2.03. The van der Waals surface area contributed by atoms with E-state index in [2.05, 4.69) is 0 Å². The zero-order valence-corrected chi connectivity index (χ0v) is 9.21. The number of thiophene rings is 1. The molecule has 1 aromatic heterocycles. The fraction of sp³-hybridized carbons (Fsp3) is 0.200. The molecular formula is C10H9FOS2. The molecule has 0 bridgehead atoms. The lowest BCUT2D eigenvalue weighted by molar-refractivity contribution is 0.282. The summed E-state index contributed by atoms with van der Waals surface area (Å²) in [6.07, 6.45) is 1.86. The van der Waals surface area contributed by atoms with E-state index >= 15 is 0 Å². The maximum absolute atomic E-state index is 13.7. The summed E-state index contributed by atoms with van der Waals surface area (Å²) in [6, 6.07) is 5.39. The molecule has 0 aliphatic heterocycles. The molecule has 0 saturated heterocycles. The first kappa shape index (κ1) is 9.96. The van der Waals surface area contributed by atoms with Gasteiger partial charge in [-0.05, 0) is 24.0 Å². The van der Waals surface area contributed by atoms with E-state index < -0.39 is 0 Å². The van der Waals surface area contributed by atoms with E-state index in [4.69, 9.17) is 5.11 Å². The van der Waals surface area contributed by atoms with E-state index in [0.29, 0.717) is 9.60 Å². The second-order valence-electron chi connectivity index (χ2n) is 2.90. The molecule has 1 nitrogen and oxygen atoms in total. The van der Waals surface area contributed by atoms with Crippen molar-refractivity contribution in [2.24, 2.45) is 0 Å². The van der Waals surface area contributed by atoms with Crippen molar-refractivity contribution in [3.05, 3.63) is 29.6 Å². The van der Waals surface area contributed by atoms with Crippen LogP contribution in [0.5, 0.6) is 0 Å². The van der Waals surface area contributed by atoms with E-state index in [0.717, 1.165) is 10.3 Å². The second kappa shape index (κ2) is 3.88. The first-order chi connectivity index (χ1) is 6.76. The molecule has 4 heteroatoms. The first-order valence-corrected chi connectivity index (χ1v) is 6.16. The van der Waals surface area contributed by atoms with Crippen LogP contribution < -0.4 is 0 Å². The van der Waals surface area contributed by atoms with E-state index in [1.165, 1.54) is 23.1 Å². The van der Waals surface area contributed by atoms with Gasteiger partial charge in [-0.1, -0.05) is 6.07 Å². The minimum absolute atomic E-state index is 0.0418. The number of aliphatic hydroxyl groups is 1. The van der Waals surface area contributed by atoms with Gasteiger partial charge in [0.1, 0.15) is 0 Å². The fourth-order valence-electron chi connectivity index (χ4n) is 1.32. The minimum atomic E-state index is -0.159. The summed E-state index contributed by atoms with van der Waals surface area (Å²) in [4.78, 5) is 0. The normalized spacial score (nSPS) is 11.1. The first-order valence-electron chi connectivity index (χ1n) is 4.12. The summed E-state index contributed by atoms with van der Waals surface area (Å²) in [6.45, 7) is -0.0418. The number of thioether (sulfide) groups is 1. The Morgan fingerprint density at radius 3 is 2.93 bits per heavy atom. The average Bonchev–Trinajstić information content (AvgIpc) is 2.55. The summed E-state index contributed by atoms with van der Waals surface area (Å²) in [7, 11) is 0. The van der Waals surface area contributed by atoms with Crippen LogP contribution in [0.3, 0.4) is 0 Å². The Hall–Kier alpha value is -0.580. The van der Waals surface area contributed by atoms with Crippen LogP contribution in [0.2, 0.25) is 0 Å². The molecule has 2 rings (SSSR count). The van der Waals surface area contributed by atoms with Crippen LogP contribution in [0.4, 0.5) is 4.39 Å². The number of benzene rings is 1. The standard InChI is InChI=1S/C10H9FOS2/c1-13-10-9(11)7-4-6(5-12)2-3-8(7)14-10/h2-4,12H,5H2,1H3. The second-order valence-corrected chi connectivity index (χ2v) is 5.02.